The molecule has 0 heterocycles. The van der Waals surface area contributed by atoms with Crippen molar-refractivity contribution >= 4 is 47.5 Å². The van der Waals surface area contributed by atoms with Crippen LogP contribution in [0, 0.1) is 6.92 Å². The van der Waals surface area contributed by atoms with Gasteiger partial charge in [0, 0.05) is 19.3 Å². The molecule has 0 aliphatic rings. The smallest absolute Gasteiger partial charge is 0.326 e. The predicted molar refractivity (Wildman–Crippen MR) is 239 cm³/mol. The summed E-state index contributed by atoms with van der Waals surface area (Å²) in [6.45, 7) is 4.31. The van der Waals surface area contributed by atoms with Crippen molar-refractivity contribution in [2.75, 3.05) is 6.54 Å². The van der Waals surface area contributed by atoms with Gasteiger partial charge in [-0.25, -0.2) is 4.79 Å². The Kier molecular flexibility index (Phi) is 21.8. The summed E-state index contributed by atoms with van der Waals surface area (Å²) in [5.41, 5.74) is 9.20. The van der Waals surface area contributed by atoms with E-state index in [1.165, 1.54) is 0 Å². The molecule has 0 saturated heterocycles. The molecule has 3 aromatic carbocycles. The zero-order valence-electron chi connectivity index (χ0n) is 36.8. The number of unbranched alkanes of at least 4 members (excludes halogenated alkanes) is 2. The van der Waals surface area contributed by atoms with Crippen molar-refractivity contribution in [2.45, 2.75) is 127 Å². The van der Waals surface area contributed by atoms with Crippen LogP contribution in [0.2, 0.25) is 0 Å². The lowest BCUT2D eigenvalue weighted by Crippen LogP contribution is -2.58. The van der Waals surface area contributed by atoms with E-state index in [1.54, 1.807) is 0 Å². The van der Waals surface area contributed by atoms with E-state index >= 15 is 0 Å². The minimum absolute atomic E-state index is 0.0423. The molecule has 3 rings (SSSR count). The van der Waals surface area contributed by atoms with Gasteiger partial charge in [-0.2, -0.15) is 0 Å². The number of benzene rings is 3. The number of amides is 4. The average Bonchev–Trinajstić information content (AvgIpc) is 3.28. The summed E-state index contributed by atoms with van der Waals surface area (Å²) in [7, 11) is 0. The lowest BCUT2D eigenvalue weighted by Gasteiger charge is -2.37. The maximum absolute atomic E-state index is 13.7. The van der Waals surface area contributed by atoms with Crippen LogP contribution in [-0.2, 0) is 43.9 Å². The van der Waals surface area contributed by atoms with Crippen LogP contribution in [0.25, 0.3) is 0 Å². The molecule has 4 amide bonds. The van der Waals surface area contributed by atoms with E-state index < -0.39 is 122 Å². The first-order chi connectivity index (χ1) is 31.0. The minimum Gasteiger partial charge on any atom is -0.481 e. The number of aryl methyl sites for hydroxylation is 1. The fourth-order valence-corrected chi connectivity index (χ4v) is 7.25. The molecule has 11 N–H and O–H groups in total. The van der Waals surface area contributed by atoms with E-state index in [0.29, 0.717) is 25.8 Å². The summed E-state index contributed by atoms with van der Waals surface area (Å²) in [6.07, 6.45) is -0.962. The number of nitrogens with one attached hydrogen (secondary N) is 5. The zero-order chi connectivity index (χ0) is 47.9. The van der Waals surface area contributed by atoms with Gasteiger partial charge >= 0.3 is 23.9 Å². The van der Waals surface area contributed by atoms with Gasteiger partial charge in [0.25, 0.3) is 0 Å². The van der Waals surface area contributed by atoms with E-state index in [-0.39, 0.29) is 12.8 Å². The van der Waals surface area contributed by atoms with Crippen molar-refractivity contribution in [1.82, 2.24) is 26.6 Å². The van der Waals surface area contributed by atoms with Crippen LogP contribution < -0.4 is 32.3 Å². The van der Waals surface area contributed by atoms with Crippen LogP contribution in [0.4, 0.5) is 0 Å². The number of rotatable bonds is 30. The molecule has 0 radical (unpaired) electrons. The Morgan fingerprint density at radius 2 is 0.908 bits per heavy atom. The second-order valence-electron chi connectivity index (χ2n) is 15.9. The zero-order valence-corrected chi connectivity index (χ0v) is 36.8. The molecule has 3 aromatic rings. The molecule has 0 aromatic heterocycles. The number of hydrogen-bond donors (Lipinski definition) is 10. The lowest BCUT2D eigenvalue weighted by atomic mass is 9.76. The first-order valence-corrected chi connectivity index (χ1v) is 21.8. The fraction of sp³-hybridized carbons (Fsp3) is 0.447. The monoisotopic (exact) mass is 902 g/mol. The topological polar surface area (TPSA) is 304 Å². The van der Waals surface area contributed by atoms with Crippen LogP contribution >= 0.6 is 0 Å². The first-order valence-electron chi connectivity index (χ1n) is 21.8. The average molecular weight is 903 g/mol. The molecule has 65 heavy (non-hydrogen) atoms. The van der Waals surface area contributed by atoms with Gasteiger partial charge in [-0.3, -0.25) is 38.9 Å². The molecule has 0 aliphatic carbocycles. The Hall–Kier alpha value is -6.66. The molecule has 0 fully saturated rings. The largest absolute Gasteiger partial charge is 0.481 e. The van der Waals surface area contributed by atoms with Gasteiger partial charge in [0.05, 0.1) is 11.6 Å². The SMILES string of the molecule is CCCC[C@H](N)C(=O)N[C@@H](CCC(=O)O)C(=O)N[C@@H](CCC(=O)O)C(=O)N[C@@H](CCC(=O)O)C(=O)N[C@@H](CCCCNC(c1ccccc1)(c1ccccc1)c1ccc(C)cc1)C(=O)O. The summed E-state index contributed by atoms with van der Waals surface area (Å²) < 4.78 is 0. The molecule has 0 unspecified atom stereocenters. The van der Waals surface area contributed by atoms with E-state index in [4.69, 9.17) is 5.73 Å². The third-order valence-electron chi connectivity index (χ3n) is 10.9. The second kappa shape index (κ2) is 26.8. The van der Waals surface area contributed by atoms with Gasteiger partial charge in [0.2, 0.25) is 23.6 Å². The molecule has 0 spiro atoms. The van der Waals surface area contributed by atoms with Crippen LogP contribution in [-0.4, -0.2) is 105 Å². The molecule has 0 bridgehead atoms. The van der Waals surface area contributed by atoms with Gasteiger partial charge in [-0.15, -0.1) is 0 Å². The molecule has 352 valence electrons. The normalized spacial score (nSPS) is 13.5. The van der Waals surface area contributed by atoms with E-state index in [0.717, 1.165) is 28.7 Å². The number of carbonyl (C=O) groups excluding carboxylic acids is 4. The third-order valence-corrected chi connectivity index (χ3v) is 10.9. The van der Waals surface area contributed by atoms with Gasteiger partial charge in [-0.05, 0) is 75.1 Å². The maximum atomic E-state index is 13.7. The molecule has 0 saturated carbocycles. The Morgan fingerprint density at radius 1 is 0.508 bits per heavy atom. The van der Waals surface area contributed by atoms with Crippen molar-refractivity contribution in [3.8, 4) is 0 Å². The summed E-state index contributed by atoms with van der Waals surface area (Å²) in [4.78, 5) is 101. The fourth-order valence-electron chi connectivity index (χ4n) is 7.25. The minimum atomic E-state index is -1.67. The van der Waals surface area contributed by atoms with Crippen molar-refractivity contribution in [3.63, 3.8) is 0 Å². The van der Waals surface area contributed by atoms with Crippen molar-refractivity contribution in [1.29, 1.82) is 0 Å². The molecular formula is C47H62N6O12. The molecule has 0 aliphatic heterocycles. The summed E-state index contributed by atoms with van der Waals surface area (Å²) >= 11 is 0. The number of carboxylic acid groups (broad SMARTS) is 4. The van der Waals surface area contributed by atoms with Gasteiger partial charge in [0.15, 0.2) is 0 Å². The predicted octanol–water partition coefficient (Wildman–Crippen LogP) is 3.18. The highest BCUT2D eigenvalue weighted by molar-refractivity contribution is 5.96. The van der Waals surface area contributed by atoms with Gasteiger partial charge < -0.3 is 47.4 Å². The quantitative estimate of drug-likeness (QED) is 0.0340. The Morgan fingerprint density at radius 3 is 1.31 bits per heavy atom. The summed E-state index contributed by atoms with van der Waals surface area (Å²) in [5, 5.41) is 51.4. The first kappa shape index (κ1) is 52.7. The molecule has 5 atom stereocenters. The highest BCUT2D eigenvalue weighted by Gasteiger charge is 2.36. The maximum Gasteiger partial charge on any atom is 0.326 e. The van der Waals surface area contributed by atoms with Gasteiger partial charge in [0.1, 0.15) is 24.2 Å². The standard InChI is InChI=1S/C47H62N6O12/c1-3-4-17-34(48)42(60)50-35(23-26-39(54)55)43(61)51-36(24-27-40(56)57)44(62)52-37(25-28-41(58)59)45(63)53-38(46(64)65)18-11-12-29-49-47(31-13-7-5-8-14-31,32-15-9-6-10-16-32)33-21-19-30(2)20-22-33/h5-10,13-16,19-22,34-38,49H,3-4,11-12,17-18,23-29,48H2,1-2H3,(H,50,60)(H,51,61)(H,52,62)(H,53,63)(H,54,55)(H,56,57)(H,58,59)(H,64,65)/t34-,35-,36-,37-,38-/m0/s1. The van der Waals surface area contributed by atoms with Crippen molar-refractivity contribution in [3.05, 3.63) is 107 Å². The summed E-state index contributed by atoms with van der Waals surface area (Å²) in [5.74, 6) is -9.29. The second-order valence-corrected chi connectivity index (χ2v) is 15.9. The van der Waals surface area contributed by atoms with Crippen molar-refractivity contribution < 1.29 is 58.8 Å². The Labute approximate surface area is 378 Å². The van der Waals surface area contributed by atoms with Gasteiger partial charge in [-0.1, -0.05) is 110 Å². The van der Waals surface area contributed by atoms with Crippen LogP contribution in [0.15, 0.2) is 84.9 Å². The number of hydrogen-bond acceptors (Lipinski definition) is 10. The van der Waals surface area contributed by atoms with Crippen LogP contribution in [0.5, 0.6) is 0 Å². The molecular weight excluding hydrogens is 841 g/mol. The number of carbonyl (C=O) groups is 8. The van der Waals surface area contributed by atoms with E-state index in [1.807, 2.05) is 86.6 Å². The molecule has 18 nitrogen and oxygen atoms in total. The van der Waals surface area contributed by atoms with E-state index in [2.05, 4.69) is 38.7 Å². The van der Waals surface area contributed by atoms with E-state index in [9.17, 15) is 58.8 Å². The number of aliphatic carboxylic acids is 4. The number of nitrogens with two attached hydrogens (primary N) is 1. The summed E-state index contributed by atoms with van der Waals surface area (Å²) in [6, 6.07) is 20.7. The lowest BCUT2D eigenvalue weighted by molar-refractivity contribution is -0.143. The molecule has 18 heteroatoms. The third kappa shape index (κ3) is 17.1. The Balaban J connectivity index is 1.77. The Bertz CT molecular complexity index is 2010. The van der Waals surface area contributed by atoms with Crippen LogP contribution in [0.1, 0.15) is 106 Å². The number of carboxylic acids is 4. The highest BCUT2D eigenvalue weighted by atomic mass is 16.4. The highest BCUT2D eigenvalue weighted by Crippen LogP contribution is 2.37. The van der Waals surface area contributed by atoms with Crippen molar-refractivity contribution in [2.24, 2.45) is 5.73 Å². The van der Waals surface area contributed by atoms with Crippen LogP contribution in [0.3, 0.4) is 0 Å².